The van der Waals surface area contributed by atoms with Crippen molar-refractivity contribution in [3.8, 4) is 33.8 Å². The molecule has 23 heavy (non-hydrogen) atoms. The zero-order valence-electron chi connectivity index (χ0n) is 11.7. The predicted octanol–water partition coefficient (Wildman–Crippen LogP) is 5.47. The molecule has 0 unspecified atom stereocenters. The third kappa shape index (κ3) is 2.80. The molecular weight excluding hydrogens is 366 g/mol. The highest BCUT2D eigenvalue weighted by Crippen LogP contribution is 2.44. The molecule has 3 aromatic rings. The summed E-state index contributed by atoms with van der Waals surface area (Å²) in [5.74, 6) is -2.06. The van der Waals surface area contributed by atoms with E-state index in [1.165, 1.54) is 42.5 Å². The molecule has 0 atom stereocenters. The zero-order valence-corrected chi connectivity index (χ0v) is 13.3. The Morgan fingerprint density at radius 1 is 0.652 bits per heavy atom. The zero-order chi connectivity index (χ0) is 16.6. The highest BCUT2D eigenvalue weighted by Gasteiger charge is 2.18. The van der Waals surface area contributed by atoms with E-state index in [0.29, 0.717) is 4.47 Å². The average Bonchev–Trinajstić information content (AvgIpc) is 2.52. The number of benzene rings is 3. The summed E-state index contributed by atoms with van der Waals surface area (Å²) >= 11 is 3.16. The van der Waals surface area contributed by atoms with E-state index in [0.717, 1.165) is 0 Å². The third-order valence-corrected chi connectivity index (χ3v) is 4.03. The van der Waals surface area contributed by atoms with Crippen LogP contribution in [-0.4, -0.2) is 10.2 Å². The summed E-state index contributed by atoms with van der Waals surface area (Å²) < 4.78 is 28.5. The number of halogens is 3. The number of aromatic hydroxyl groups is 2. The van der Waals surface area contributed by atoms with Crippen molar-refractivity contribution in [2.75, 3.05) is 0 Å². The molecule has 0 aliphatic rings. The van der Waals surface area contributed by atoms with Gasteiger partial charge in [0, 0.05) is 26.7 Å². The molecule has 0 aliphatic heterocycles. The summed E-state index contributed by atoms with van der Waals surface area (Å²) in [5, 5.41) is 20.4. The van der Waals surface area contributed by atoms with Crippen molar-refractivity contribution in [1.29, 1.82) is 0 Å². The molecule has 3 aromatic carbocycles. The van der Waals surface area contributed by atoms with Gasteiger partial charge in [-0.1, -0.05) is 40.2 Å². The van der Waals surface area contributed by atoms with Crippen LogP contribution in [0.4, 0.5) is 8.78 Å². The van der Waals surface area contributed by atoms with E-state index >= 15 is 0 Å². The maximum Gasteiger partial charge on any atom is 0.166 e. The highest BCUT2D eigenvalue weighted by atomic mass is 79.9. The Kier molecular flexibility index (Phi) is 4.05. The van der Waals surface area contributed by atoms with Gasteiger partial charge in [0.2, 0.25) is 0 Å². The molecule has 0 saturated carbocycles. The molecule has 116 valence electrons. The monoisotopic (exact) mass is 376 g/mol. The van der Waals surface area contributed by atoms with Crippen LogP contribution in [0.1, 0.15) is 0 Å². The minimum Gasteiger partial charge on any atom is -0.504 e. The number of phenols is 2. The molecule has 0 aliphatic carbocycles. The third-order valence-electron chi connectivity index (χ3n) is 3.54. The Bertz CT molecular complexity index is 894. The summed E-state index contributed by atoms with van der Waals surface area (Å²) in [6, 6.07) is 13.2. The molecule has 3 rings (SSSR count). The Labute approximate surface area is 139 Å². The molecule has 0 bridgehead atoms. The van der Waals surface area contributed by atoms with Crippen LogP contribution in [0.15, 0.2) is 59.1 Å². The minimum atomic E-state index is -0.548. The number of hydrogen-bond donors (Lipinski definition) is 2. The number of rotatable bonds is 2. The average molecular weight is 377 g/mol. The van der Waals surface area contributed by atoms with Crippen LogP contribution in [0.2, 0.25) is 0 Å². The molecule has 0 amide bonds. The first kappa shape index (κ1) is 15.5. The topological polar surface area (TPSA) is 40.5 Å². The van der Waals surface area contributed by atoms with Crippen molar-refractivity contribution in [3.63, 3.8) is 0 Å². The van der Waals surface area contributed by atoms with Gasteiger partial charge in [-0.25, -0.2) is 8.78 Å². The summed E-state index contributed by atoms with van der Waals surface area (Å²) in [4.78, 5) is 0. The molecule has 0 spiro atoms. The van der Waals surface area contributed by atoms with Crippen molar-refractivity contribution in [3.05, 3.63) is 70.7 Å². The summed E-state index contributed by atoms with van der Waals surface area (Å²) in [7, 11) is 0. The fraction of sp³-hybridized carbons (Fsp3) is 0. The Hall–Kier alpha value is -2.40. The van der Waals surface area contributed by atoms with Crippen molar-refractivity contribution in [1.82, 2.24) is 0 Å². The Balaban J connectivity index is 2.17. The van der Waals surface area contributed by atoms with Crippen LogP contribution in [0.3, 0.4) is 0 Å². The number of phenolic OH excluding ortho intramolecular Hbond substituents is 2. The van der Waals surface area contributed by atoms with E-state index in [-0.39, 0.29) is 22.3 Å². The fourth-order valence-corrected chi connectivity index (χ4v) is 2.74. The van der Waals surface area contributed by atoms with Gasteiger partial charge < -0.3 is 10.2 Å². The quantitative estimate of drug-likeness (QED) is 0.582. The van der Waals surface area contributed by atoms with Crippen LogP contribution in [0, 0.1) is 11.6 Å². The first-order valence-electron chi connectivity index (χ1n) is 6.74. The van der Waals surface area contributed by atoms with Gasteiger partial charge in [-0.05, 0) is 30.3 Å². The molecule has 0 heterocycles. The predicted molar refractivity (Wildman–Crippen MR) is 88.3 cm³/mol. The van der Waals surface area contributed by atoms with E-state index in [1.807, 2.05) is 0 Å². The lowest BCUT2D eigenvalue weighted by molar-refractivity contribution is 0.406. The Morgan fingerprint density at radius 3 is 1.74 bits per heavy atom. The maximum absolute atomic E-state index is 14.1. The maximum atomic E-state index is 14.1. The Morgan fingerprint density at radius 2 is 1.17 bits per heavy atom. The molecule has 2 nitrogen and oxygen atoms in total. The standard InChI is InChI=1S/C18H11BrF2O2/c19-10-5-6-12(16(21)9-10)14-8-7-13(17(22)18(14)23)11-3-1-2-4-15(11)20/h1-9,22-23H. The van der Waals surface area contributed by atoms with E-state index in [9.17, 15) is 19.0 Å². The van der Waals surface area contributed by atoms with Gasteiger partial charge in [0.05, 0.1) is 0 Å². The molecule has 2 N–H and O–H groups in total. The van der Waals surface area contributed by atoms with E-state index < -0.39 is 23.1 Å². The molecule has 0 radical (unpaired) electrons. The van der Waals surface area contributed by atoms with Gasteiger partial charge in [0.25, 0.3) is 0 Å². The fourth-order valence-electron chi connectivity index (χ4n) is 2.40. The van der Waals surface area contributed by atoms with E-state index in [2.05, 4.69) is 15.9 Å². The van der Waals surface area contributed by atoms with E-state index in [1.54, 1.807) is 12.1 Å². The van der Waals surface area contributed by atoms with Crippen LogP contribution in [0.25, 0.3) is 22.3 Å². The van der Waals surface area contributed by atoms with Crippen LogP contribution < -0.4 is 0 Å². The van der Waals surface area contributed by atoms with E-state index in [4.69, 9.17) is 0 Å². The summed E-state index contributed by atoms with van der Waals surface area (Å²) in [6.45, 7) is 0. The first-order chi connectivity index (χ1) is 11.0. The van der Waals surface area contributed by atoms with Crippen LogP contribution in [-0.2, 0) is 0 Å². The highest BCUT2D eigenvalue weighted by molar-refractivity contribution is 9.10. The lowest BCUT2D eigenvalue weighted by Gasteiger charge is -2.12. The molecule has 0 saturated heterocycles. The van der Waals surface area contributed by atoms with Gasteiger partial charge >= 0.3 is 0 Å². The second kappa shape index (κ2) is 6.01. The second-order valence-electron chi connectivity index (χ2n) is 4.96. The number of hydrogen-bond acceptors (Lipinski definition) is 2. The smallest absolute Gasteiger partial charge is 0.166 e. The lowest BCUT2D eigenvalue weighted by Crippen LogP contribution is -1.89. The largest absolute Gasteiger partial charge is 0.504 e. The van der Waals surface area contributed by atoms with Gasteiger partial charge in [-0.2, -0.15) is 0 Å². The van der Waals surface area contributed by atoms with Crippen molar-refractivity contribution in [2.24, 2.45) is 0 Å². The first-order valence-corrected chi connectivity index (χ1v) is 7.53. The molecule has 0 aromatic heterocycles. The van der Waals surface area contributed by atoms with Crippen LogP contribution in [0.5, 0.6) is 11.5 Å². The van der Waals surface area contributed by atoms with Crippen molar-refractivity contribution >= 4 is 15.9 Å². The molecule has 5 heteroatoms. The van der Waals surface area contributed by atoms with Crippen molar-refractivity contribution < 1.29 is 19.0 Å². The summed E-state index contributed by atoms with van der Waals surface area (Å²) in [6.07, 6.45) is 0. The van der Waals surface area contributed by atoms with Gasteiger partial charge in [-0.15, -0.1) is 0 Å². The van der Waals surface area contributed by atoms with Gasteiger partial charge in [0.15, 0.2) is 11.5 Å². The molecule has 0 fully saturated rings. The van der Waals surface area contributed by atoms with Crippen LogP contribution >= 0.6 is 15.9 Å². The SMILES string of the molecule is Oc1c(-c2ccccc2F)ccc(-c2ccc(Br)cc2F)c1O. The van der Waals surface area contributed by atoms with Gasteiger partial charge in [-0.3, -0.25) is 0 Å². The summed E-state index contributed by atoms with van der Waals surface area (Å²) in [5.41, 5.74) is 0.568. The van der Waals surface area contributed by atoms with Gasteiger partial charge in [0.1, 0.15) is 11.6 Å². The second-order valence-corrected chi connectivity index (χ2v) is 5.88. The molecular formula is C18H11BrF2O2. The minimum absolute atomic E-state index is 0.132. The normalized spacial score (nSPS) is 10.7. The van der Waals surface area contributed by atoms with Crippen molar-refractivity contribution in [2.45, 2.75) is 0 Å². The lowest BCUT2D eigenvalue weighted by atomic mass is 9.97.